The van der Waals surface area contributed by atoms with Crippen molar-refractivity contribution in [3.05, 3.63) is 86.3 Å². The first-order chi connectivity index (χ1) is 23.9. The van der Waals surface area contributed by atoms with E-state index in [0.717, 1.165) is 23.8 Å². The van der Waals surface area contributed by atoms with Crippen LogP contribution in [-0.2, 0) is 27.7 Å². The number of nitrogens with one attached hydrogen (secondary N) is 1. The SMILES string of the molecule is CC1CCC2(CCN(C(=O)c3ncccc3O)CC2)c2c1n(CC(=O)Nc1ccc(C(F)(F)F)cc1Cl)c1nc(C3=CCOCC3)nn1c2=O. The van der Waals surface area contributed by atoms with Gasteiger partial charge < -0.3 is 24.6 Å². The molecule has 2 aliphatic heterocycles. The predicted molar refractivity (Wildman–Crippen MR) is 176 cm³/mol. The maximum Gasteiger partial charge on any atom is 0.416 e. The lowest BCUT2D eigenvalue weighted by Gasteiger charge is -2.46. The van der Waals surface area contributed by atoms with Crippen molar-refractivity contribution in [2.24, 2.45) is 0 Å². The molecule has 5 heterocycles. The van der Waals surface area contributed by atoms with Crippen molar-refractivity contribution in [3.8, 4) is 5.75 Å². The van der Waals surface area contributed by atoms with E-state index < -0.39 is 29.0 Å². The molecular weight excluding hydrogens is 679 g/mol. The van der Waals surface area contributed by atoms with Gasteiger partial charge in [-0.05, 0) is 73.9 Å². The molecule has 1 atom stereocenters. The van der Waals surface area contributed by atoms with Gasteiger partial charge in [0.2, 0.25) is 11.7 Å². The van der Waals surface area contributed by atoms with E-state index in [1.165, 1.54) is 22.8 Å². The molecule has 0 saturated carbocycles. The molecule has 3 aliphatic rings. The molecule has 1 fully saturated rings. The van der Waals surface area contributed by atoms with Crippen LogP contribution in [0.1, 0.15) is 78.1 Å². The zero-order valence-electron chi connectivity index (χ0n) is 27.0. The molecule has 1 unspecified atom stereocenters. The summed E-state index contributed by atoms with van der Waals surface area (Å²) in [5, 5.41) is 17.2. The highest BCUT2D eigenvalue weighted by molar-refractivity contribution is 6.33. The zero-order valence-corrected chi connectivity index (χ0v) is 27.7. The number of pyridine rings is 1. The molecule has 0 bridgehead atoms. The number of hydrogen-bond donors (Lipinski definition) is 2. The van der Waals surface area contributed by atoms with E-state index in [9.17, 15) is 32.7 Å². The van der Waals surface area contributed by atoms with E-state index in [1.54, 1.807) is 9.47 Å². The van der Waals surface area contributed by atoms with Crippen LogP contribution in [0.4, 0.5) is 18.9 Å². The van der Waals surface area contributed by atoms with Crippen LogP contribution in [-0.4, -0.2) is 72.3 Å². The van der Waals surface area contributed by atoms with Gasteiger partial charge in [0, 0.05) is 36.0 Å². The third-order valence-electron chi connectivity index (χ3n) is 9.96. The minimum Gasteiger partial charge on any atom is -0.505 e. The smallest absolute Gasteiger partial charge is 0.416 e. The molecule has 2 N–H and O–H groups in total. The second kappa shape index (κ2) is 12.8. The highest BCUT2D eigenvalue weighted by Gasteiger charge is 2.46. The van der Waals surface area contributed by atoms with E-state index in [0.29, 0.717) is 75.5 Å². The van der Waals surface area contributed by atoms with Crippen molar-refractivity contribution < 1.29 is 32.6 Å². The van der Waals surface area contributed by atoms with Crippen LogP contribution in [0.5, 0.6) is 5.75 Å². The Morgan fingerprint density at radius 3 is 2.64 bits per heavy atom. The molecule has 50 heavy (non-hydrogen) atoms. The molecule has 7 rings (SSSR count). The summed E-state index contributed by atoms with van der Waals surface area (Å²) < 4.78 is 48.1. The van der Waals surface area contributed by atoms with Crippen LogP contribution in [0.3, 0.4) is 0 Å². The minimum absolute atomic E-state index is 0.00520. The summed E-state index contributed by atoms with van der Waals surface area (Å²) in [6, 6.07) is 5.63. The number of carbonyl (C=O) groups excluding carboxylic acids is 2. The number of halogens is 4. The lowest BCUT2D eigenvalue weighted by molar-refractivity contribution is -0.137. The number of rotatable bonds is 5. The number of aromatic nitrogens is 5. The lowest BCUT2D eigenvalue weighted by Crippen LogP contribution is -2.50. The molecule has 1 spiro atoms. The van der Waals surface area contributed by atoms with Gasteiger partial charge in [0.25, 0.3) is 11.5 Å². The van der Waals surface area contributed by atoms with Crippen LogP contribution in [0.15, 0.2) is 47.4 Å². The largest absolute Gasteiger partial charge is 0.505 e. The molecule has 4 aromatic rings. The average Bonchev–Trinajstić information content (AvgIpc) is 3.55. The standard InChI is InChI=1S/C34H33ClF3N7O5/c1-19-6-9-33(10-13-43(14-11-33)31(49)27-24(46)3-2-12-39-27)26-28(19)44(18-25(47)40-23-5-4-21(17-22(23)35)34(36,37)38)32-41-29(42-45(32)30(26)48)20-7-15-50-16-8-20/h2-5,7,12,17,19,46H,6,8-11,13-16,18H2,1H3,(H,40,47). The van der Waals surface area contributed by atoms with Crippen LogP contribution >= 0.6 is 11.6 Å². The number of carbonyl (C=O) groups is 2. The van der Waals surface area contributed by atoms with E-state index in [2.05, 4.69) is 15.4 Å². The fraction of sp³-hybridized carbons (Fsp3) is 0.412. The number of ether oxygens (including phenoxy) is 1. The van der Waals surface area contributed by atoms with Crippen LogP contribution in [0.2, 0.25) is 5.02 Å². The van der Waals surface area contributed by atoms with Crippen LogP contribution < -0.4 is 10.9 Å². The maximum atomic E-state index is 14.5. The van der Waals surface area contributed by atoms with Crippen molar-refractivity contribution in [1.29, 1.82) is 0 Å². The Morgan fingerprint density at radius 2 is 1.96 bits per heavy atom. The fourth-order valence-electron chi connectivity index (χ4n) is 7.34. The summed E-state index contributed by atoms with van der Waals surface area (Å²) in [5.74, 6) is -0.867. The van der Waals surface area contributed by atoms with Gasteiger partial charge in [-0.1, -0.05) is 24.6 Å². The lowest BCUT2D eigenvalue weighted by atomic mass is 9.64. The normalized spacial score (nSPS) is 18.9. The summed E-state index contributed by atoms with van der Waals surface area (Å²) in [4.78, 5) is 51.9. The summed E-state index contributed by atoms with van der Waals surface area (Å²) in [7, 11) is 0. The first kappa shape index (κ1) is 33.7. The molecule has 1 saturated heterocycles. The number of benzene rings is 1. The number of aromatic hydroxyl groups is 1. The van der Waals surface area contributed by atoms with Gasteiger partial charge in [-0.3, -0.25) is 14.4 Å². The number of fused-ring (bicyclic) bond motifs is 3. The number of piperidine rings is 1. The Balaban J connectivity index is 1.28. The number of anilines is 1. The first-order valence-corrected chi connectivity index (χ1v) is 16.6. The molecular formula is C34H33ClF3N7O5. The average molecular weight is 712 g/mol. The van der Waals surface area contributed by atoms with E-state index in [-0.39, 0.29) is 46.0 Å². The van der Waals surface area contributed by atoms with Gasteiger partial charge in [-0.25, -0.2) is 4.98 Å². The number of amides is 2. The van der Waals surface area contributed by atoms with E-state index in [1.807, 2.05) is 13.0 Å². The maximum absolute atomic E-state index is 14.5. The topological polar surface area (TPSA) is 144 Å². The van der Waals surface area contributed by atoms with Gasteiger partial charge in [-0.15, -0.1) is 5.10 Å². The molecule has 12 nitrogen and oxygen atoms in total. The highest BCUT2D eigenvalue weighted by Crippen LogP contribution is 2.47. The third kappa shape index (κ3) is 6.02. The number of hydrogen-bond acceptors (Lipinski definition) is 8. The second-order valence-electron chi connectivity index (χ2n) is 13.0. The Morgan fingerprint density at radius 1 is 1.18 bits per heavy atom. The summed E-state index contributed by atoms with van der Waals surface area (Å²) >= 11 is 6.15. The molecule has 16 heteroatoms. The number of alkyl halides is 3. The molecule has 0 radical (unpaired) electrons. The Bertz CT molecular complexity index is 2100. The zero-order chi connectivity index (χ0) is 35.4. The van der Waals surface area contributed by atoms with Crippen molar-refractivity contribution in [1.82, 2.24) is 29.0 Å². The number of likely N-dealkylation sites (tertiary alicyclic amines) is 1. The van der Waals surface area contributed by atoms with E-state index >= 15 is 0 Å². The Labute approximate surface area is 288 Å². The first-order valence-electron chi connectivity index (χ1n) is 16.3. The van der Waals surface area contributed by atoms with Crippen molar-refractivity contribution in [2.75, 3.05) is 31.6 Å². The molecule has 2 amide bonds. The van der Waals surface area contributed by atoms with Gasteiger partial charge in [0.05, 0.1) is 29.5 Å². The van der Waals surface area contributed by atoms with Crippen molar-refractivity contribution in [2.45, 2.75) is 63.1 Å². The van der Waals surface area contributed by atoms with Crippen molar-refractivity contribution >= 4 is 40.5 Å². The Kier molecular flexibility index (Phi) is 8.67. The van der Waals surface area contributed by atoms with Crippen molar-refractivity contribution in [3.63, 3.8) is 0 Å². The van der Waals surface area contributed by atoms with E-state index in [4.69, 9.17) is 21.3 Å². The molecule has 262 valence electrons. The monoisotopic (exact) mass is 711 g/mol. The molecule has 3 aromatic heterocycles. The third-order valence-corrected chi connectivity index (χ3v) is 10.3. The Hall–Kier alpha value is -4.76. The quantitative estimate of drug-likeness (QED) is 0.289. The minimum atomic E-state index is -4.60. The van der Waals surface area contributed by atoms with Gasteiger partial charge in [0.1, 0.15) is 12.3 Å². The van der Waals surface area contributed by atoms with Gasteiger partial charge in [-0.2, -0.15) is 22.7 Å². The number of nitrogens with zero attached hydrogens (tertiary/aromatic N) is 6. The summed E-state index contributed by atoms with van der Waals surface area (Å²) in [5.41, 5.74) is -0.0328. The molecule has 1 aromatic carbocycles. The fourth-order valence-corrected chi connectivity index (χ4v) is 7.56. The van der Waals surface area contributed by atoms with Crippen LogP contribution in [0, 0.1) is 0 Å². The second-order valence-corrected chi connectivity index (χ2v) is 13.4. The summed E-state index contributed by atoms with van der Waals surface area (Å²) in [6.45, 7) is 3.10. The van der Waals surface area contributed by atoms with Gasteiger partial charge in [0.15, 0.2) is 11.5 Å². The van der Waals surface area contributed by atoms with Crippen LogP contribution in [0.25, 0.3) is 11.4 Å². The highest BCUT2D eigenvalue weighted by atomic mass is 35.5. The summed E-state index contributed by atoms with van der Waals surface area (Å²) in [6.07, 6.45) is 1.47. The van der Waals surface area contributed by atoms with Gasteiger partial charge >= 0.3 is 6.18 Å². The molecule has 1 aliphatic carbocycles. The predicted octanol–water partition coefficient (Wildman–Crippen LogP) is 5.18.